The van der Waals surface area contributed by atoms with Gasteiger partial charge in [0.15, 0.2) is 0 Å². The zero-order valence-electron chi connectivity index (χ0n) is 14.0. The molecule has 1 unspecified atom stereocenters. The van der Waals surface area contributed by atoms with Gasteiger partial charge in [-0.3, -0.25) is 4.79 Å². The third-order valence-electron chi connectivity index (χ3n) is 4.10. The highest BCUT2D eigenvalue weighted by Crippen LogP contribution is 2.22. The van der Waals surface area contributed by atoms with Crippen molar-refractivity contribution in [3.05, 3.63) is 69.7 Å². The number of carbonyl (C=O) groups excluding carboxylic acids is 1. The fourth-order valence-corrected chi connectivity index (χ4v) is 2.92. The zero-order chi connectivity index (χ0) is 16.8. The first-order valence-corrected chi connectivity index (χ1v) is 8.48. The van der Waals surface area contributed by atoms with E-state index in [1.165, 1.54) is 16.7 Å². The molecule has 23 heavy (non-hydrogen) atoms. The average molecular weight is 330 g/mol. The summed E-state index contributed by atoms with van der Waals surface area (Å²) in [7, 11) is 0. The van der Waals surface area contributed by atoms with E-state index in [0.29, 0.717) is 6.42 Å². The molecule has 2 aromatic rings. The summed E-state index contributed by atoms with van der Waals surface area (Å²) >= 11 is 5.88. The SMILES string of the molecule is CCC(NC(=O)CCc1ccc(Cl)cc1)c1ccc(C)cc1C. The molecule has 1 amide bonds. The first-order chi connectivity index (χ1) is 11.0. The van der Waals surface area contributed by atoms with Crippen molar-refractivity contribution in [1.82, 2.24) is 5.32 Å². The van der Waals surface area contributed by atoms with Gasteiger partial charge in [0, 0.05) is 11.4 Å². The summed E-state index contributed by atoms with van der Waals surface area (Å²) in [5, 5.41) is 3.88. The van der Waals surface area contributed by atoms with E-state index in [1.807, 2.05) is 24.3 Å². The standard InChI is InChI=1S/C20H24ClNO/c1-4-19(18-11-5-14(2)13-15(18)3)22-20(23)12-8-16-6-9-17(21)10-7-16/h5-7,9-11,13,19H,4,8,12H2,1-3H3,(H,22,23). The van der Waals surface area contributed by atoms with Gasteiger partial charge in [-0.05, 0) is 55.5 Å². The number of halogens is 1. The van der Waals surface area contributed by atoms with Crippen molar-refractivity contribution in [2.24, 2.45) is 0 Å². The number of hydrogen-bond donors (Lipinski definition) is 1. The second kappa shape index (κ2) is 8.16. The molecule has 0 spiro atoms. The maximum atomic E-state index is 12.3. The summed E-state index contributed by atoms with van der Waals surface area (Å²) in [6.45, 7) is 6.29. The number of benzene rings is 2. The van der Waals surface area contributed by atoms with Gasteiger partial charge in [-0.15, -0.1) is 0 Å². The summed E-state index contributed by atoms with van der Waals surface area (Å²) in [6.07, 6.45) is 2.10. The Morgan fingerprint density at radius 3 is 2.43 bits per heavy atom. The molecule has 0 aliphatic heterocycles. The van der Waals surface area contributed by atoms with Crippen molar-refractivity contribution in [1.29, 1.82) is 0 Å². The van der Waals surface area contributed by atoms with Crippen LogP contribution < -0.4 is 5.32 Å². The van der Waals surface area contributed by atoms with Crippen LogP contribution in [0.5, 0.6) is 0 Å². The Morgan fingerprint density at radius 2 is 1.83 bits per heavy atom. The molecule has 2 rings (SSSR count). The van der Waals surface area contributed by atoms with Crippen LogP contribution in [0.2, 0.25) is 5.02 Å². The summed E-state index contributed by atoms with van der Waals surface area (Å²) in [5.74, 6) is 0.0896. The molecule has 3 heteroatoms. The number of nitrogens with one attached hydrogen (secondary N) is 1. The van der Waals surface area contributed by atoms with E-state index in [9.17, 15) is 4.79 Å². The van der Waals surface area contributed by atoms with Gasteiger partial charge in [0.05, 0.1) is 6.04 Å². The third-order valence-corrected chi connectivity index (χ3v) is 4.35. The van der Waals surface area contributed by atoms with Gasteiger partial charge in [-0.25, -0.2) is 0 Å². The average Bonchev–Trinajstić information content (AvgIpc) is 2.52. The fourth-order valence-electron chi connectivity index (χ4n) is 2.79. The molecule has 2 aromatic carbocycles. The van der Waals surface area contributed by atoms with Crippen LogP contribution in [-0.2, 0) is 11.2 Å². The van der Waals surface area contributed by atoms with Crippen LogP contribution in [0.4, 0.5) is 0 Å². The molecule has 0 aromatic heterocycles. The highest BCUT2D eigenvalue weighted by Gasteiger charge is 2.14. The molecule has 0 saturated heterocycles. The van der Waals surface area contributed by atoms with E-state index in [0.717, 1.165) is 23.4 Å². The lowest BCUT2D eigenvalue weighted by molar-refractivity contribution is -0.121. The molecule has 1 atom stereocenters. The lowest BCUT2D eigenvalue weighted by Gasteiger charge is -2.20. The molecule has 0 heterocycles. The molecule has 0 aliphatic carbocycles. The van der Waals surface area contributed by atoms with E-state index in [2.05, 4.69) is 44.3 Å². The number of carbonyl (C=O) groups is 1. The second-order valence-corrected chi connectivity index (χ2v) is 6.45. The Hall–Kier alpha value is -1.80. The third kappa shape index (κ3) is 5.11. The Balaban J connectivity index is 1.95. The van der Waals surface area contributed by atoms with Crippen LogP contribution in [0, 0.1) is 13.8 Å². The van der Waals surface area contributed by atoms with Crippen molar-refractivity contribution in [2.75, 3.05) is 0 Å². The monoisotopic (exact) mass is 329 g/mol. The van der Waals surface area contributed by atoms with E-state index >= 15 is 0 Å². The van der Waals surface area contributed by atoms with Crippen LogP contribution in [0.25, 0.3) is 0 Å². The highest BCUT2D eigenvalue weighted by molar-refractivity contribution is 6.30. The van der Waals surface area contributed by atoms with Crippen molar-refractivity contribution < 1.29 is 4.79 Å². The second-order valence-electron chi connectivity index (χ2n) is 6.01. The molecule has 1 N–H and O–H groups in total. The summed E-state index contributed by atoms with van der Waals surface area (Å²) in [6, 6.07) is 14.1. The number of rotatable bonds is 6. The zero-order valence-corrected chi connectivity index (χ0v) is 14.8. The van der Waals surface area contributed by atoms with E-state index in [1.54, 1.807) is 0 Å². The molecule has 0 radical (unpaired) electrons. The molecule has 2 nitrogen and oxygen atoms in total. The van der Waals surface area contributed by atoms with Gasteiger partial charge in [-0.2, -0.15) is 0 Å². The van der Waals surface area contributed by atoms with Crippen LogP contribution in [0.15, 0.2) is 42.5 Å². The summed E-state index contributed by atoms with van der Waals surface area (Å²) < 4.78 is 0. The Kier molecular flexibility index (Phi) is 6.23. The molecular formula is C20H24ClNO. The summed E-state index contributed by atoms with van der Waals surface area (Å²) in [5.41, 5.74) is 4.81. The first-order valence-electron chi connectivity index (χ1n) is 8.10. The van der Waals surface area contributed by atoms with Crippen LogP contribution in [0.3, 0.4) is 0 Å². The van der Waals surface area contributed by atoms with Gasteiger partial charge in [0.1, 0.15) is 0 Å². The summed E-state index contributed by atoms with van der Waals surface area (Å²) in [4.78, 5) is 12.3. The topological polar surface area (TPSA) is 29.1 Å². The number of aryl methyl sites for hydroxylation is 3. The van der Waals surface area contributed by atoms with Gasteiger partial charge in [0.25, 0.3) is 0 Å². The lowest BCUT2D eigenvalue weighted by Crippen LogP contribution is -2.28. The van der Waals surface area contributed by atoms with Gasteiger partial charge >= 0.3 is 0 Å². The first kappa shape index (κ1) is 17.6. The van der Waals surface area contributed by atoms with Crippen molar-refractivity contribution >= 4 is 17.5 Å². The molecule has 0 fully saturated rings. The normalized spacial score (nSPS) is 12.0. The number of hydrogen-bond acceptors (Lipinski definition) is 1. The van der Waals surface area contributed by atoms with E-state index in [4.69, 9.17) is 11.6 Å². The molecule has 122 valence electrons. The van der Waals surface area contributed by atoms with Crippen LogP contribution in [0.1, 0.15) is 48.1 Å². The maximum absolute atomic E-state index is 12.3. The van der Waals surface area contributed by atoms with Gasteiger partial charge < -0.3 is 5.32 Å². The van der Waals surface area contributed by atoms with Gasteiger partial charge in [-0.1, -0.05) is 54.4 Å². The minimum absolute atomic E-state index is 0.0771. The Labute approximate surface area is 143 Å². The van der Waals surface area contributed by atoms with E-state index < -0.39 is 0 Å². The molecule has 0 saturated carbocycles. The molecule has 0 aliphatic rings. The van der Waals surface area contributed by atoms with Crippen LogP contribution >= 0.6 is 11.6 Å². The predicted octanol–water partition coefficient (Wildman–Crippen LogP) is 5.16. The van der Waals surface area contributed by atoms with Crippen molar-refractivity contribution in [2.45, 2.75) is 46.1 Å². The Morgan fingerprint density at radius 1 is 1.13 bits per heavy atom. The molecular weight excluding hydrogens is 306 g/mol. The quantitative estimate of drug-likeness (QED) is 0.779. The van der Waals surface area contributed by atoms with Crippen LogP contribution in [-0.4, -0.2) is 5.91 Å². The largest absolute Gasteiger partial charge is 0.349 e. The smallest absolute Gasteiger partial charge is 0.220 e. The highest BCUT2D eigenvalue weighted by atomic mass is 35.5. The fraction of sp³-hybridized carbons (Fsp3) is 0.350. The maximum Gasteiger partial charge on any atom is 0.220 e. The van der Waals surface area contributed by atoms with Crippen molar-refractivity contribution in [3.8, 4) is 0 Å². The van der Waals surface area contributed by atoms with Crippen molar-refractivity contribution in [3.63, 3.8) is 0 Å². The predicted molar refractivity (Wildman–Crippen MR) is 96.9 cm³/mol. The van der Waals surface area contributed by atoms with E-state index in [-0.39, 0.29) is 11.9 Å². The molecule has 0 bridgehead atoms. The Bertz CT molecular complexity index is 664. The minimum atomic E-state index is 0.0771. The number of amides is 1. The minimum Gasteiger partial charge on any atom is -0.349 e. The van der Waals surface area contributed by atoms with Gasteiger partial charge in [0.2, 0.25) is 5.91 Å². The lowest BCUT2D eigenvalue weighted by atomic mass is 9.97.